The molecule has 0 aromatic heterocycles. The number of nitrogens with zero attached hydrogens (tertiary/aromatic N) is 1. The van der Waals surface area contributed by atoms with Crippen LogP contribution in [0.1, 0.15) is 31.7 Å². The van der Waals surface area contributed by atoms with Crippen molar-refractivity contribution in [2.45, 2.75) is 38.7 Å². The SMILES string of the molecule is CCOC[C@@]12CCCO[C@@H]1CCN(C(=O)Cc1ccccc1)C2. The van der Waals surface area contributed by atoms with Crippen molar-refractivity contribution < 1.29 is 14.3 Å². The zero-order chi connectivity index (χ0) is 16.1. The minimum atomic E-state index is -0.0150. The normalized spacial score (nSPS) is 27.5. The van der Waals surface area contributed by atoms with Crippen LogP contribution < -0.4 is 0 Å². The third-order valence-electron chi connectivity index (χ3n) is 5.13. The van der Waals surface area contributed by atoms with Crippen LogP contribution in [-0.2, 0) is 20.7 Å². The first-order valence-electron chi connectivity index (χ1n) is 8.74. The quantitative estimate of drug-likeness (QED) is 0.838. The van der Waals surface area contributed by atoms with Crippen LogP contribution in [-0.4, -0.2) is 49.8 Å². The van der Waals surface area contributed by atoms with Gasteiger partial charge in [0.25, 0.3) is 0 Å². The Morgan fingerprint density at radius 2 is 2.22 bits per heavy atom. The van der Waals surface area contributed by atoms with E-state index in [1.807, 2.05) is 42.2 Å². The molecular weight excluding hydrogens is 290 g/mol. The van der Waals surface area contributed by atoms with Crippen LogP contribution in [0, 0.1) is 5.41 Å². The summed E-state index contributed by atoms with van der Waals surface area (Å²) in [6.07, 6.45) is 3.80. The summed E-state index contributed by atoms with van der Waals surface area (Å²) in [6, 6.07) is 9.99. The third kappa shape index (κ3) is 3.75. The van der Waals surface area contributed by atoms with Crippen LogP contribution >= 0.6 is 0 Å². The highest BCUT2D eigenvalue weighted by atomic mass is 16.5. The van der Waals surface area contributed by atoms with E-state index in [2.05, 4.69) is 0 Å². The van der Waals surface area contributed by atoms with Gasteiger partial charge in [0.1, 0.15) is 0 Å². The highest BCUT2D eigenvalue weighted by molar-refractivity contribution is 5.79. The van der Waals surface area contributed by atoms with E-state index in [-0.39, 0.29) is 17.4 Å². The molecule has 2 aliphatic heterocycles. The number of carbonyl (C=O) groups excluding carboxylic acids is 1. The molecule has 23 heavy (non-hydrogen) atoms. The Labute approximate surface area is 138 Å². The van der Waals surface area contributed by atoms with Crippen LogP contribution in [0.15, 0.2) is 30.3 Å². The van der Waals surface area contributed by atoms with E-state index in [1.54, 1.807) is 0 Å². The monoisotopic (exact) mass is 317 g/mol. The van der Waals surface area contributed by atoms with E-state index in [4.69, 9.17) is 9.47 Å². The summed E-state index contributed by atoms with van der Waals surface area (Å²) < 4.78 is 11.8. The standard InChI is InChI=1S/C19H27NO3/c1-2-22-15-19-10-6-12-23-17(19)9-11-20(14-19)18(21)13-16-7-4-3-5-8-16/h3-5,7-8,17H,2,6,9-15H2,1H3/t17-,19+/m1/s1. The van der Waals surface area contributed by atoms with Crippen LogP contribution in [0.25, 0.3) is 0 Å². The molecule has 0 radical (unpaired) electrons. The van der Waals surface area contributed by atoms with Gasteiger partial charge in [0.2, 0.25) is 5.91 Å². The molecule has 1 aromatic rings. The fraction of sp³-hybridized carbons (Fsp3) is 0.632. The minimum Gasteiger partial charge on any atom is -0.381 e. The second kappa shape index (κ2) is 7.45. The van der Waals surface area contributed by atoms with Crippen molar-refractivity contribution in [3.8, 4) is 0 Å². The van der Waals surface area contributed by atoms with Crippen molar-refractivity contribution in [3.63, 3.8) is 0 Å². The largest absolute Gasteiger partial charge is 0.381 e. The average molecular weight is 317 g/mol. The second-order valence-electron chi connectivity index (χ2n) is 6.73. The lowest BCUT2D eigenvalue weighted by atomic mass is 9.73. The highest BCUT2D eigenvalue weighted by Gasteiger charge is 2.47. The topological polar surface area (TPSA) is 38.8 Å². The van der Waals surface area contributed by atoms with Crippen molar-refractivity contribution in [1.29, 1.82) is 0 Å². The minimum absolute atomic E-state index is 0.0150. The Balaban J connectivity index is 1.68. The summed E-state index contributed by atoms with van der Waals surface area (Å²) in [4.78, 5) is 14.7. The summed E-state index contributed by atoms with van der Waals surface area (Å²) in [5, 5.41) is 0. The number of rotatable bonds is 5. The molecule has 0 unspecified atom stereocenters. The molecule has 0 aliphatic carbocycles. The average Bonchev–Trinajstić information content (AvgIpc) is 2.60. The van der Waals surface area contributed by atoms with Gasteiger partial charge >= 0.3 is 0 Å². The number of piperidine rings is 1. The molecule has 2 saturated heterocycles. The molecule has 3 rings (SSSR count). The highest BCUT2D eigenvalue weighted by Crippen LogP contribution is 2.40. The number of benzene rings is 1. The van der Waals surface area contributed by atoms with Crippen molar-refractivity contribution >= 4 is 5.91 Å². The Morgan fingerprint density at radius 1 is 1.39 bits per heavy atom. The molecule has 1 aromatic carbocycles. The van der Waals surface area contributed by atoms with Gasteiger partial charge in [-0.05, 0) is 31.7 Å². The second-order valence-corrected chi connectivity index (χ2v) is 6.73. The van der Waals surface area contributed by atoms with Crippen molar-refractivity contribution in [1.82, 2.24) is 4.90 Å². The molecule has 2 aliphatic rings. The van der Waals surface area contributed by atoms with Gasteiger partial charge < -0.3 is 14.4 Å². The van der Waals surface area contributed by atoms with Gasteiger partial charge in [-0.3, -0.25) is 4.79 Å². The lowest BCUT2D eigenvalue weighted by Gasteiger charge is -2.50. The number of carbonyl (C=O) groups is 1. The molecule has 2 fully saturated rings. The predicted molar refractivity (Wildman–Crippen MR) is 89.2 cm³/mol. The maximum absolute atomic E-state index is 12.7. The summed E-state index contributed by atoms with van der Waals surface area (Å²) >= 11 is 0. The summed E-state index contributed by atoms with van der Waals surface area (Å²) in [6.45, 7) is 5.84. The van der Waals surface area contributed by atoms with E-state index < -0.39 is 0 Å². The number of amides is 1. The van der Waals surface area contributed by atoms with E-state index in [9.17, 15) is 4.79 Å². The van der Waals surface area contributed by atoms with E-state index >= 15 is 0 Å². The molecule has 0 N–H and O–H groups in total. The van der Waals surface area contributed by atoms with Gasteiger partial charge in [-0.15, -0.1) is 0 Å². The van der Waals surface area contributed by atoms with E-state index in [0.29, 0.717) is 19.6 Å². The number of ether oxygens (including phenoxy) is 2. The smallest absolute Gasteiger partial charge is 0.227 e. The first kappa shape index (κ1) is 16.5. The molecule has 0 saturated carbocycles. The van der Waals surface area contributed by atoms with Crippen LogP contribution in [0.3, 0.4) is 0 Å². The summed E-state index contributed by atoms with van der Waals surface area (Å²) in [5.41, 5.74) is 1.07. The zero-order valence-electron chi connectivity index (χ0n) is 14.0. The van der Waals surface area contributed by atoms with Gasteiger partial charge in [0, 0.05) is 31.7 Å². The zero-order valence-corrected chi connectivity index (χ0v) is 14.0. The molecule has 4 nitrogen and oxygen atoms in total. The van der Waals surface area contributed by atoms with E-state index in [0.717, 1.165) is 44.5 Å². The van der Waals surface area contributed by atoms with E-state index in [1.165, 1.54) is 0 Å². The molecule has 2 heterocycles. The maximum atomic E-state index is 12.7. The lowest BCUT2D eigenvalue weighted by Crippen LogP contribution is -2.58. The van der Waals surface area contributed by atoms with Crippen LogP contribution in [0.5, 0.6) is 0 Å². The summed E-state index contributed by atoms with van der Waals surface area (Å²) in [5.74, 6) is 0.219. The Bertz CT molecular complexity index is 519. The van der Waals surface area contributed by atoms with Gasteiger partial charge in [0.05, 0.1) is 19.1 Å². The molecule has 126 valence electrons. The molecular formula is C19H27NO3. The molecule has 0 bridgehead atoms. The molecule has 0 spiro atoms. The van der Waals surface area contributed by atoms with Crippen LogP contribution in [0.2, 0.25) is 0 Å². The van der Waals surface area contributed by atoms with Crippen molar-refractivity contribution in [2.75, 3.05) is 32.9 Å². The first-order chi connectivity index (χ1) is 11.2. The number of fused-ring (bicyclic) bond motifs is 1. The fourth-order valence-corrected chi connectivity index (χ4v) is 3.90. The van der Waals surface area contributed by atoms with Crippen LogP contribution in [0.4, 0.5) is 0 Å². The Hall–Kier alpha value is -1.39. The Morgan fingerprint density at radius 3 is 3.00 bits per heavy atom. The third-order valence-corrected chi connectivity index (χ3v) is 5.13. The Kier molecular flexibility index (Phi) is 5.34. The van der Waals surface area contributed by atoms with Gasteiger partial charge in [-0.1, -0.05) is 30.3 Å². The number of likely N-dealkylation sites (tertiary alicyclic amines) is 1. The summed E-state index contributed by atoms with van der Waals surface area (Å²) in [7, 11) is 0. The lowest BCUT2D eigenvalue weighted by molar-refractivity contribution is -0.163. The number of hydrogen-bond acceptors (Lipinski definition) is 3. The van der Waals surface area contributed by atoms with Gasteiger partial charge in [-0.25, -0.2) is 0 Å². The maximum Gasteiger partial charge on any atom is 0.227 e. The number of hydrogen-bond donors (Lipinski definition) is 0. The molecule has 4 heteroatoms. The molecule has 2 atom stereocenters. The van der Waals surface area contributed by atoms with Crippen molar-refractivity contribution in [3.05, 3.63) is 35.9 Å². The predicted octanol–water partition coefficient (Wildman–Crippen LogP) is 2.66. The van der Waals surface area contributed by atoms with Gasteiger partial charge in [0.15, 0.2) is 0 Å². The van der Waals surface area contributed by atoms with Crippen molar-refractivity contribution in [2.24, 2.45) is 5.41 Å². The molecule has 1 amide bonds. The van der Waals surface area contributed by atoms with Gasteiger partial charge in [-0.2, -0.15) is 0 Å². The first-order valence-corrected chi connectivity index (χ1v) is 8.74. The fourth-order valence-electron chi connectivity index (χ4n) is 3.90.